The SMILES string of the molecule is Cc1ccc(CNC(=O)c2ccccc2NC(=O)c2ccc3c(c2)CCN3S(C)(=O)=O)cc1. The van der Waals surface area contributed by atoms with Gasteiger partial charge in [0.25, 0.3) is 11.8 Å². The number of anilines is 2. The molecule has 0 bridgehead atoms. The van der Waals surface area contributed by atoms with E-state index in [4.69, 9.17) is 0 Å². The fraction of sp³-hybridized carbons (Fsp3) is 0.200. The smallest absolute Gasteiger partial charge is 0.255 e. The van der Waals surface area contributed by atoms with Gasteiger partial charge in [-0.3, -0.25) is 13.9 Å². The van der Waals surface area contributed by atoms with E-state index in [9.17, 15) is 18.0 Å². The molecule has 3 aromatic rings. The number of hydrogen-bond donors (Lipinski definition) is 2. The van der Waals surface area contributed by atoms with Gasteiger partial charge in [0, 0.05) is 18.7 Å². The van der Waals surface area contributed by atoms with Crippen molar-refractivity contribution >= 4 is 33.2 Å². The number of nitrogens with zero attached hydrogens (tertiary/aromatic N) is 1. The number of para-hydroxylation sites is 1. The zero-order valence-electron chi connectivity index (χ0n) is 18.5. The molecule has 1 heterocycles. The summed E-state index contributed by atoms with van der Waals surface area (Å²) < 4.78 is 25.2. The zero-order chi connectivity index (χ0) is 23.6. The lowest BCUT2D eigenvalue weighted by Gasteiger charge is -2.16. The molecule has 0 saturated heterocycles. The lowest BCUT2D eigenvalue weighted by molar-refractivity contribution is 0.0951. The molecule has 4 rings (SSSR count). The molecule has 1 aliphatic heterocycles. The van der Waals surface area contributed by atoms with Gasteiger partial charge in [-0.1, -0.05) is 42.0 Å². The van der Waals surface area contributed by atoms with Gasteiger partial charge in [-0.25, -0.2) is 8.42 Å². The standard InChI is InChI=1S/C25H25N3O4S/c1-17-7-9-18(10-8-17)16-26-25(30)21-5-3-4-6-22(21)27-24(29)20-11-12-23-19(15-20)13-14-28(23)33(2,31)32/h3-12,15H,13-14,16H2,1-2H3,(H,26,30)(H,27,29). The van der Waals surface area contributed by atoms with E-state index in [2.05, 4.69) is 10.6 Å². The minimum atomic E-state index is -3.35. The lowest BCUT2D eigenvalue weighted by atomic mass is 10.1. The van der Waals surface area contributed by atoms with Crippen molar-refractivity contribution in [1.29, 1.82) is 0 Å². The number of nitrogens with one attached hydrogen (secondary N) is 2. The predicted molar refractivity (Wildman–Crippen MR) is 129 cm³/mol. The maximum atomic E-state index is 12.9. The van der Waals surface area contributed by atoms with Crippen LogP contribution in [-0.2, 0) is 23.0 Å². The van der Waals surface area contributed by atoms with Crippen LogP contribution < -0.4 is 14.9 Å². The number of aryl methyl sites for hydroxylation is 1. The summed E-state index contributed by atoms with van der Waals surface area (Å²) in [4.78, 5) is 25.7. The largest absolute Gasteiger partial charge is 0.348 e. The Kier molecular flexibility index (Phi) is 6.20. The van der Waals surface area contributed by atoms with Gasteiger partial charge < -0.3 is 10.6 Å². The molecule has 2 amide bonds. The number of sulfonamides is 1. The fourth-order valence-corrected chi connectivity index (χ4v) is 4.78. The van der Waals surface area contributed by atoms with Crippen LogP contribution in [0.3, 0.4) is 0 Å². The lowest BCUT2D eigenvalue weighted by Crippen LogP contribution is -2.27. The van der Waals surface area contributed by atoms with Crippen LogP contribution in [0, 0.1) is 6.92 Å². The second-order valence-corrected chi connectivity index (χ2v) is 10.0. The van der Waals surface area contributed by atoms with Gasteiger partial charge in [0.1, 0.15) is 0 Å². The Morgan fingerprint density at radius 1 is 0.970 bits per heavy atom. The number of carbonyl (C=O) groups excluding carboxylic acids is 2. The predicted octanol–water partition coefficient (Wildman–Crippen LogP) is 3.50. The van der Waals surface area contributed by atoms with E-state index in [1.54, 1.807) is 42.5 Å². The van der Waals surface area contributed by atoms with E-state index in [1.807, 2.05) is 31.2 Å². The molecule has 33 heavy (non-hydrogen) atoms. The first kappa shape index (κ1) is 22.5. The van der Waals surface area contributed by atoms with Crippen LogP contribution in [-0.4, -0.2) is 33.0 Å². The Bertz CT molecular complexity index is 1320. The molecule has 170 valence electrons. The molecule has 3 aromatic carbocycles. The number of fused-ring (bicyclic) bond motifs is 1. The average molecular weight is 464 g/mol. The van der Waals surface area contributed by atoms with Crippen LogP contribution in [0.15, 0.2) is 66.7 Å². The maximum absolute atomic E-state index is 12.9. The van der Waals surface area contributed by atoms with Gasteiger partial charge in [-0.15, -0.1) is 0 Å². The molecule has 0 fully saturated rings. The van der Waals surface area contributed by atoms with Crippen LogP contribution in [0.4, 0.5) is 11.4 Å². The highest BCUT2D eigenvalue weighted by Crippen LogP contribution is 2.31. The summed E-state index contributed by atoms with van der Waals surface area (Å²) in [6, 6.07) is 19.7. The van der Waals surface area contributed by atoms with Crippen molar-refractivity contribution in [3.05, 3.63) is 94.5 Å². The molecule has 1 aliphatic rings. The highest BCUT2D eigenvalue weighted by molar-refractivity contribution is 7.92. The summed E-state index contributed by atoms with van der Waals surface area (Å²) in [7, 11) is -3.35. The highest BCUT2D eigenvalue weighted by Gasteiger charge is 2.27. The Morgan fingerprint density at radius 3 is 2.42 bits per heavy atom. The normalized spacial score (nSPS) is 12.8. The van der Waals surface area contributed by atoms with Gasteiger partial charge in [0.05, 0.1) is 23.2 Å². The van der Waals surface area contributed by atoms with Crippen LogP contribution in [0.5, 0.6) is 0 Å². The summed E-state index contributed by atoms with van der Waals surface area (Å²) in [5, 5.41) is 5.70. The number of hydrogen-bond acceptors (Lipinski definition) is 4. The van der Waals surface area contributed by atoms with E-state index < -0.39 is 10.0 Å². The van der Waals surface area contributed by atoms with Crippen LogP contribution in [0.2, 0.25) is 0 Å². The van der Waals surface area contributed by atoms with Crippen molar-refractivity contribution in [1.82, 2.24) is 5.32 Å². The van der Waals surface area contributed by atoms with Crippen molar-refractivity contribution in [3.8, 4) is 0 Å². The van der Waals surface area contributed by atoms with Gasteiger partial charge >= 0.3 is 0 Å². The van der Waals surface area contributed by atoms with Gasteiger partial charge in [-0.2, -0.15) is 0 Å². The van der Waals surface area contributed by atoms with Crippen LogP contribution in [0.25, 0.3) is 0 Å². The van der Waals surface area contributed by atoms with Crippen molar-refractivity contribution in [2.75, 3.05) is 22.4 Å². The Hall–Kier alpha value is -3.65. The topological polar surface area (TPSA) is 95.6 Å². The van der Waals surface area contributed by atoms with Crippen molar-refractivity contribution in [2.45, 2.75) is 19.9 Å². The average Bonchev–Trinajstić information content (AvgIpc) is 3.23. The summed E-state index contributed by atoms with van der Waals surface area (Å²) >= 11 is 0. The first-order chi connectivity index (χ1) is 15.7. The summed E-state index contributed by atoms with van der Waals surface area (Å²) in [6.07, 6.45) is 1.71. The van der Waals surface area contributed by atoms with Crippen molar-refractivity contribution < 1.29 is 18.0 Å². The van der Waals surface area contributed by atoms with Crippen molar-refractivity contribution in [3.63, 3.8) is 0 Å². The molecule has 0 aliphatic carbocycles. The monoisotopic (exact) mass is 463 g/mol. The van der Waals surface area contributed by atoms with Crippen molar-refractivity contribution in [2.24, 2.45) is 0 Å². The van der Waals surface area contributed by atoms with E-state index in [-0.39, 0.29) is 11.8 Å². The minimum absolute atomic E-state index is 0.288. The molecule has 0 atom stereocenters. The summed E-state index contributed by atoms with van der Waals surface area (Å²) in [5.74, 6) is -0.654. The zero-order valence-corrected chi connectivity index (χ0v) is 19.3. The Labute approximate surface area is 193 Å². The third-order valence-electron chi connectivity index (χ3n) is 5.59. The molecule has 8 heteroatoms. The fourth-order valence-electron chi connectivity index (χ4n) is 3.83. The molecule has 0 radical (unpaired) electrons. The molecule has 0 unspecified atom stereocenters. The van der Waals surface area contributed by atoms with E-state index >= 15 is 0 Å². The molecule has 0 spiro atoms. The van der Waals surface area contributed by atoms with E-state index in [0.717, 1.165) is 16.7 Å². The quantitative estimate of drug-likeness (QED) is 0.585. The Balaban J connectivity index is 1.48. The molecule has 7 nitrogen and oxygen atoms in total. The third kappa shape index (κ3) is 5.06. The number of benzene rings is 3. The maximum Gasteiger partial charge on any atom is 0.255 e. The third-order valence-corrected chi connectivity index (χ3v) is 6.77. The van der Waals surface area contributed by atoms with Crippen LogP contribution in [0.1, 0.15) is 37.4 Å². The molecule has 0 saturated carbocycles. The molecule has 2 N–H and O–H groups in total. The number of amides is 2. The van der Waals surface area contributed by atoms with Gasteiger partial charge in [-0.05, 0) is 54.8 Å². The first-order valence-corrected chi connectivity index (χ1v) is 12.4. The number of rotatable bonds is 6. The summed E-state index contributed by atoms with van der Waals surface area (Å²) in [5.41, 5.74) is 4.70. The highest BCUT2D eigenvalue weighted by atomic mass is 32.2. The molecular formula is C25H25N3O4S. The second-order valence-electron chi connectivity index (χ2n) is 8.10. The molecular weight excluding hydrogens is 438 g/mol. The minimum Gasteiger partial charge on any atom is -0.348 e. The van der Waals surface area contributed by atoms with Gasteiger partial charge in [0.2, 0.25) is 10.0 Å². The molecule has 0 aromatic heterocycles. The second kappa shape index (κ2) is 9.07. The number of carbonyl (C=O) groups is 2. The van der Waals surface area contributed by atoms with Gasteiger partial charge in [0.15, 0.2) is 0 Å². The first-order valence-electron chi connectivity index (χ1n) is 10.6. The van der Waals surface area contributed by atoms with E-state index in [1.165, 1.54) is 10.6 Å². The summed E-state index contributed by atoms with van der Waals surface area (Å²) in [6.45, 7) is 2.75. The van der Waals surface area contributed by atoms with E-state index in [0.29, 0.717) is 42.0 Å². The Morgan fingerprint density at radius 2 is 1.70 bits per heavy atom. The van der Waals surface area contributed by atoms with Crippen LogP contribution >= 0.6 is 0 Å².